The van der Waals surface area contributed by atoms with Gasteiger partial charge in [-0.1, -0.05) is 18.2 Å². The Morgan fingerprint density at radius 2 is 2.12 bits per heavy atom. The van der Waals surface area contributed by atoms with Crippen molar-refractivity contribution in [3.8, 4) is 0 Å². The number of benzene rings is 1. The summed E-state index contributed by atoms with van der Waals surface area (Å²) >= 11 is 0. The van der Waals surface area contributed by atoms with Crippen LogP contribution in [0.4, 0.5) is 16.2 Å². The topological polar surface area (TPSA) is 78.4 Å². The van der Waals surface area contributed by atoms with E-state index in [2.05, 4.69) is 25.5 Å². The van der Waals surface area contributed by atoms with Crippen molar-refractivity contribution in [2.24, 2.45) is 5.10 Å². The highest BCUT2D eigenvalue weighted by Crippen LogP contribution is 2.19. The molecule has 128 valence electrons. The average molecular weight is 340 g/mol. The van der Waals surface area contributed by atoms with Gasteiger partial charge in [-0.05, 0) is 6.07 Å². The molecule has 1 saturated heterocycles. The molecule has 2 aromatic heterocycles. The number of fused-ring (bicyclic) bond motifs is 1. The van der Waals surface area contributed by atoms with Gasteiger partial charge in [0, 0.05) is 35.8 Å². The average Bonchev–Trinajstić information content (AvgIpc) is 3.07. The molecule has 1 aliphatic rings. The number of ether oxygens (including phenoxy) is 1. The number of morpholine rings is 1. The Hall–Kier alpha value is -3.00. The molecule has 1 fully saturated rings. The van der Waals surface area contributed by atoms with Crippen LogP contribution in [0.25, 0.3) is 10.9 Å². The minimum absolute atomic E-state index is 0.249. The summed E-state index contributed by atoms with van der Waals surface area (Å²) < 4.78 is 19.3. The third kappa shape index (κ3) is 3.29. The Bertz CT molecular complexity index is 903. The number of halogens is 1. The maximum absolute atomic E-state index is 14.0. The van der Waals surface area contributed by atoms with Crippen LogP contribution in [-0.2, 0) is 4.74 Å². The summed E-state index contributed by atoms with van der Waals surface area (Å²) in [5.74, 6) is 0.0649. The normalized spacial score (nSPS) is 15.2. The predicted octanol–water partition coefficient (Wildman–Crippen LogP) is 2.38. The maximum atomic E-state index is 14.0. The van der Waals surface area contributed by atoms with Crippen LogP contribution in [0.3, 0.4) is 0 Å². The Morgan fingerprint density at radius 3 is 3.00 bits per heavy atom. The Labute approximate surface area is 143 Å². The molecule has 0 radical (unpaired) electrons. The third-order valence-electron chi connectivity index (χ3n) is 4.03. The summed E-state index contributed by atoms with van der Waals surface area (Å²) in [6.45, 7) is 2.33. The van der Waals surface area contributed by atoms with Gasteiger partial charge in [0.2, 0.25) is 5.95 Å². The van der Waals surface area contributed by atoms with E-state index >= 15 is 0 Å². The zero-order valence-electron chi connectivity index (χ0n) is 13.4. The van der Waals surface area contributed by atoms with Gasteiger partial charge in [-0.15, -0.1) is 0 Å². The number of para-hydroxylation sites is 1. The fourth-order valence-electron chi connectivity index (χ4n) is 2.77. The second-order valence-electron chi connectivity index (χ2n) is 5.62. The predicted molar refractivity (Wildman–Crippen MR) is 94.5 cm³/mol. The summed E-state index contributed by atoms with van der Waals surface area (Å²) in [4.78, 5) is 13.2. The summed E-state index contributed by atoms with van der Waals surface area (Å²) in [5.41, 5.74) is 4.74. The van der Waals surface area contributed by atoms with Crippen LogP contribution in [-0.4, -0.2) is 47.5 Å². The van der Waals surface area contributed by atoms with Crippen molar-refractivity contribution in [1.82, 2.24) is 15.0 Å². The van der Waals surface area contributed by atoms with Crippen LogP contribution in [0.5, 0.6) is 0 Å². The number of nitrogens with one attached hydrogen (secondary N) is 2. The lowest BCUT2D eigenvalue weighted by Gasteiger charge is -2.27. The number of aromatic nitrogens is 3. The number of hydrogen-bond acceptors (Lipinski definition) is 6. The summed E-state index contributed by atoms with van der Waals surface area (Å²) in [5, 5.41) is 5.24. The molecule has 0 bridgehead atoms. The lowest BCUT2D eigenvalue weighted by atomic mass is 10.2. The molecule has 0 amide bonds. The molecule has 0 spiro atoms. The first-order valence-corrected chi connectivity index (χ1v) is 8.02. The van der Waals surface area contributed by atoms with Crippen LogP contribution < -0.4 is 10.3 Å². The summed E-state index contributed by atoms with van der Waals surface area (Å²) in [7, 11) is 0. The molecule has 0 saturated carbocycles. The van der Waals surface area contributed by atoms with E-state index in [0.29, 0.717) is 26.3 Å². The van der Waals surface area contributed by atoms with Crippen molar-refractivity contribution < 1.29 is 9.13 Å². The van der Waals surface area contributed by atoms with Crippen LogP contribution in [0.15, 0.2) is 41.8 Å². The van der Waals surface area contributed by atoms with Crippen molar-refractivity contribution in [2.75, 3.05) is 36.6 Å². The molecule has 3 aromatic rings. The molecule has 4 rings (SSSR count). The van der Waals surface area contributed by atoms with Gasteiger partial charge in [0.25, 0.3) is 0 Å². The molecule has 2 N–H and O–H groups in total. The number of aromatic amines is 1. The second-order valence-corrected chi connectivity index (χ2v) is 5.62. The highest BCUT2D eigenvalue weighted by molar-refractivity contribution is 5.99. The van der Waals surface area contributed by atoms with E-state index < -0.39 is 5.82 Å². The standard InChI is InChI=1S/C17H17FN6O/c18-14-11-20-17(22-16(14)24-5-7-25-8-6-24)23-21-10-12-9-19-15-4-2-1-3-13(12)15/h1-4,9-11,19H,5-8H2,(H,20,22,23)/b21-10+. The SMILES string of the molecule is Fc1cnc(N/N=C/c2c[nH]c3ccccc23)nc1N1CCOCC1. The second kappa shape index (κ2) is 6.86. The number of anilines is 2. The fourth-order valence-corrected chi connectivity index (χ4v) is 2.77. The van der Waals surface area contributed by atoms with Crippen molar-refractivity contribution in [3.63, 3.8) is 0 Å². The van der Waals surface area contributed by atoms with Gasteiger partial charge in [0.1, 0.15) is 0 Å². The number of rotatable bonds is 4. The van der Waals surface area contributed by atoms with E-state index in [1.54, 1.807) is 6.21 Å². The molecular weight excluding hydrogens is 323 g/mol. The van der Waals surface area contributed by atoms with Crippen molar-refractivity contribution >= 4 is 28.9 Å². The summed E-state index contributed by atoms with van der Waals surface area (Å²) in [6, 6.07) is 7.95. The Kier molecular flexibility index (Phi) is 4.26. The van der Waals surface area contributed by atoms with Crippen LogP contribution in [0.1, 0.15) is 5.56 Å². The smallest absolute Gasteiger partial charge is 0.245 e. The Morgan fingerprint density at radius 1 is 1.28 bits per heavy atom. The van der Waals surface area contributed by atoms with E-state index in [-0.39, 0.29) is 11.8 Å². The first kappa shape index (κ1) is 15.5. The van der Waals surface area contributed by atoms with E-state index in [9.17, 15) is 4.39 Å². The number of H-pyrrole nitrogens is 1. The van der Waals surface area contributed by atoms with Gasteiger partial charge < -0.3 is 14.6 Å². The largest absolute Gasteiger partial charge is 0.378 e. The van der Waals surface area contributed by atoms with E-state index in [4.69, 9.17) is 4.74 Å². The van der Waals surface area contributed by atoms with Crippen LogP contribution in [0.2, 0.25) is 0 Å². The molecule has 0 atom stereocenters. The zero-order chi connectivity index (χ0) is 17.1. The number of nitrogens with zero attached hydrogens (tertiary/aromatic N) is 4. The number of hydrogen-bond donors (Lipinski definition) is 2. The van der Waals surface area contributed by atoms with Gasteiger partial charge >= 0.3 is 0 Å². The molecule has 0 aliphatic carbocycles. The molecular formula is C17H17FN6O. The molecule has 1 aliphatic heterocycles. The molecule has 25 heavy (non-hydrogen) atoms. The lowest BCUT2D eigenvalue weighted by molar-refractivity contribution is 0.122. The molecule has 8 heteroatoms. The number of hydrazone groups is 1. The fraction of sp³-hybridized carbons (Fsp3) is 0.235. The molecule has 1 aromatic carbocycles. The van der Waals surface area contributed by atoms with E-state index in [1.807, 2.05) is 35.4 Å². The lowest BCUT2D eigenvalue weighted by Crippen LogP contribution is -2.37. The van der Waals surface area contributed by atoms with E-state index in [1.165, 1.54) is 0 Å². The first-order valence-electron chi connectivity index (χ1n) is 8.02. The van der Waals surface area contributed by atoms with Gasteiger partial charge in [-0.25, -0.2) is 14.8 Å². The van der Waals surface area contributed by atoms with Crippen LogP contribution >= 0.6 is 0 Å². The maximum Gasteiger partial charge on any atom is 0.245 e. The highest BCUT2D eigenvalue weighted by atomic mass is 19.1. The monoisotopic (exact) mass is 340 g/mol. The molecule has 0 unspecified atom stereocenters. The van der Waals surface area contributed by atoms with Gasteiger partial charge in [-0.2, -0.15) is 10.1 Å². The highest BCUT2D eigenvalue weighted by Gasteiger charge is 2.17. The van der Waals surface area contributed by atoms with E-state index in [0.717, 1.165) is 22.7 Å². The minimum Gasteiger partial charge on any atom is -0.378 e. The quantitative estimate of drug-likeness (QED) is 0.563. The molecule has 3 heterocycles. The van der Waals surface area contributed by atoms with Crippen molar-refractivity contribution in [3.05, 3.63) is 48.0 Å². The van der Waals surface area contributed by atoms with Gasteiger partial charge in [0.05, 0.1) is 25.6 Å². The van der Waals surface area contributed by atoms with Crippen molar-refractivity contribution in [2.45, 2.75) is 0 Å². The van der Waals surface area contributed by atoms with Crippen LogP contribution in [0, 0.1) is 5.82 Å². The molecule has 7 nitrogen and oxygen atoms in total. The van der Waals surface area contributed by atoms with Gasteiger partial charge in [-0.3, -0.25) is 0 Å². The first-order chi connectivity index (χ1) is 12.3. The van der Waals surface area contributed by atoms with Crippen molar-refractivity contribution in [1.29, 1.82) is 0 Å². The zero-order valence-corrected chi connectivity index (χ0v) is 13.4. The van der Waals surface area contributed by atoms with Gasteiger partial charge in [0.15, 0.2) is 11.6 Å². The minimum atomic E-state index is -0.451. The Balaban J connectivity index is 1.51. The summed E-state index contributed by atoms with van der Waals surface area (Å²) in [6.07, 6.45) is 4.71. The third-order valence-corrected chi connectivity index (χ3v) is 4.03.